The third-order valence-corrected chi connectivity index (χ3v) is 3.17. The second-order valence-corrected chi connectivity index (χ2v) is 4.97. The van der Waals surface area contributed by atoms with Gasteiger partial charge in [-0.3, -0.25) is 4.79 Å². The molecule has 1 fully saturated rings. The summed E-state index contributed by atoms with van der Waals surface area (Å²) < 4.78 is 0. The van der Waals surface area contributed by atoms with E-state index < -0.39 is 0 Å². The summed E-state index contributed by atoms with van der Waals surface area (Å²) in [5.41, 5.74) is 5.92. The van der Waals surface area contributed by atoms with Gasteiger partial charge in [-0.25, -0.2) is 0 Å². The Morgan fingerprint density at radius 2 is 2.20 bits per heavy atom. The van der Waals surface area contributed by atoms with Crippen molar-refractivity contribution in [3.8, 4) is 0 Å². The summed E-state index contributed by atoms with van der Waals surface area (Å²) >= 11 is 0. The van der Waals surface area contributed by atoms with E-state index in [9.17, 15) is 4.79 Å². The van der Waals surface area contributed by atoms with Crippen LogP contribution in [0.3, 0.4) is 0 Å². The first-order chi connectivity index (χ1) is 7.06. The quantitative estimate of drug-likeness (QED) is 0.772. The van der Waals surface area contributed by atoms with Gasteiger partial charge in [0.1, 0.15) is 0 Å². The number of carbonyl (C=O) groups excluding carboxylic acids is 1. The molecule has 2 unspecified atom stereocenters. The number of carbonyl (C=O) groups is 1. The Balaban J connectivity index is 2.51. The van der Waals surface area contributed by atoms with Crippen LogP contribution in [-0.4, -0.2) is 29.4 Å². The summed E-state index contributed by atoms with van der Waals surface area (Å²) in [6.07, 6.45) is 4.14. The van der Waals surface area contributed by atoms with Gasteiger partial charge in [0.15, 0.2) is 0 Å². The highest BCUT2D eigenvalue weighted by atomic mass is 16.2. The van der Waals surface area contributed by atoms with Crippen LogP contribution in [0, 0.1) is 5.92 Å². The van der Waals surface area contributed by atoms with E-state index in [0.717, 1.165) is 32.2 Å². The maximum atomic E-state index is 12.1. The molecule has 0 bridgehead atoms. The average Bonchev–Trinajstić information content (AvgIpc) is 2.62. The summed E-state index contributed by atoms with van der Waals surface area (Å²) in [5, 5.41) is 0. The number of likely N-dealkylation sites (tertiary alicyclic amines) is 1. The number of amides is 1. The van der Waals surface area contributed by atoms with Gasteiger partial charge < -0.3 is 10.6 Å². The molecule has 0 spiro atoms. The Bertz CT molecular complexity index is 216. The molecule has 0 aliphatic carbocycles. The van der Waals surface area contributed by atoms with Gasteiger partial charge in [-0.2, -0.15) is 0 Å². The van der Waals surface area contributed by atoms with Crippen LogP contribution in [0.4, 0.5) is 0 Å². The third kappa shape index (κ3) is 3.20. The van der Waals surface area contributed by atoms with Gasteiger partial charge in [-0.05, 0) is 31.6 Å². The summed E-state index contributed by atoms with van der Waals surface area (Å²) in [6, 6.07) is 0.146. The fraction of sp³-hybridized carbons (Fsp3) is 0.917. The normalized spacial score (nSPS) is 23.5. The minimum atomic E-state index is -0.294. The summed E-state index contributed by atoms with van der Waals surface area (Å²) in [7, 11) is 0. The Kier molecular flexibility index (Phi) is 4.58. The molecule has 3 nitrogen and oxygen atoms in total. The van der Waals surface area contributed by atoms with Crippen molar-refractivity contribution >= 4 is 5.91 Å². The fourth-order valence-electron chi connectivity index (χ4n) is 2.37. The van der Waals surface area contributed by atoms with Crippen molar-refractivity contribution in [2.24, 2.45) is 11.7 Å². The lowest BCUT2D eigenvalue weighted by atomic mass is 10.0. The van der Waals surface area contributed by atoms with E-state index in [-0.39, 0.29) is 11.9 Å². The van der Waals surface area contributed by atoms with E-state index in [0.29, 0.717) is 12.0 Å². The van der Waals surface area contributed by atoms with Gasteiger partial charge in [0.25, 0.3) is 0 Å². The fourth-order valence-corrected chi connectivity index (χ4v) is 2.37. The molecule has 1 saturated heterocycles. The predicted molar refractivity (Wildman–Crippen MR) is 62.5 cm³/mol. The van der Waals surface area contributed by atoms with Crippen LogP contribution in [0.1, 0.15) is 46.5 Å². The highest BCUT2D eigenvalue weighted by Gasteiger charge is 2.30. The molecule has 2 atom stereocenters. The molecule has 1 heterocycles. The molecule has 0 aromatic rings. The maximum absolute atomic E-state index is 12.1. The van der Waals surface area contributed by atoms with E-state index >= 15 is 0 Å². The largest absolute Gasteiger partial charge is 0.338 e. The van der Waals surface area contributed by atoms with Gasteiger partial charge in [-0.15, -0.1) is 0 Å². The molecule has 2 N–H and O–H groups in total. The van der Waals surface area contributed by atoms with Gasteiger partial charge >= 0.3 is 0 Å². The molecule has 1 aliphatic rings. The van der Waals surface area contributed by atoms with Crippen LogP contribution in [-0.2, 0) is 4.79 Å². The van der Waals surface area contributed by atoms with Crippen LogP contribution < -0.4 is 5.73 Å². The average molecular weight is 212 g/mol. The third-order valence-electron chi connectivity index (χ3n) is 3.17. The van der Waals surface area contributed by atoms with E-state index in [1.807, 2.05) is 4.90 Å². The van der Waals surface area contributed by atoms with Crippen molar-refractivity contribution in [3.05, 3.63) is 0 Å². The van der Waals surface area contributed by atoms with Gasteiger partial charge in [0, 0.05) is 12.6 Å². The zero-order valence-corrected chi connectivity index (χ0v) is 10.2. The first kappa shape index (κ1) is 12.5. The molecule has 0 radical (unpaired) electrons. The van der Waals surface area contributed by atoms with Crippen LogP contribution in [0.2, 0.25) is 0 Å². The Labute approximate surface area is 93.0 Å². The molecular weight excluding hydrogens is 188 g/mol. The summed E-state index contributed by atoms with van der Waals surface area (Å²) in [6.45, 7) is 7.26. The van der Waals surface area contributed by atoms with Crippen LogP contribution in [0.5, 0.6) is 0 Å². The van der Waals surface area contributed by atoms with Crippen LogP contribution in [0.25, 0.3) is 0 Å². The van der Waals surface area contributed by atoms with Crippen molar-refractivity contribution in [3.63, 3.8) is 0 Å². The van der Waals surface area contributed by atoms with E-state index in [1.165, 1.54) is 0 Å². The smallest absolute Gasteiger partial charge is 0.239 e. The molecule has 0 aromatic heterocycles. The van der Waals surface area contributed by atoms with Gasteiger partial charge in [0.05, 0.1) is 6.04 Å². The number of hydrogen-bond acceptors (Lipinski definition) is 2. The van der Waals surface area contributed by atoms with Crippen LogP contribution in [0.15, 0.2) is 0 Å². The van der Waals surface area contributed by atoms with E-state index in [2.05, 4.69) is 20.8 Å². The van der Waals surface area contributed by atoms with Crippen molar-refractivity contribution in [2.45, 2.75) is 58.5 Å². The Morgan fingerprint density at radius 3 is 2.73 bits per heavy atom. The SMILES string of the molecule is CCC1CCCN1C(=O)C(N)CC(C)C. The minimum Gasteiger partial charge on any atom is -0.338 e. The number of hydrogen-bond donors (Lipinski definition) is 1. The zero-order chi connectivity index (χ0) is 11.4. The molecule has 88 valence electrons. The van der Waals surface area contributed by atoms with E-state index in [1.54, 1.807) is 0 Å². The lowest BCUT2D eigenvalue weighted by Gasteiger charge is -2.27. The predicted octanol–water partition coefficient (Wildman–Crippen LogP) is 1.76. The first-order valence-electron chi connectivity index (χ1n) is 6.12. The molecule has 0 aromatic carbocycles. The zero-order valence-electron chi connectivity index (χ0n) is 10.2. The maximum Gasteiger partial charge on any atom is 0.239 e. The molecule has 0 saturated carbocycles. The van der Waals surface area contributed by atoms with Gasteiger partial charge in [-0.1, -0.05) is 20.8 Å². The standard InChI is InChI=1S/C12H24N2O/c1-4-10-6-5-7-14(10)12(15)11(13)8-9(2)3/h9-11H,4-8,13H2,1-3H3. The molecule has 1 aliphatic heterocycles. The molecule has 15 heavy (non-hydrogen) atoms. The number of nitrogens with zero attached hydrogens (tertiary/aromatic N) is 1. The van der Waals surface area contributed by atoms with Crippen LogP contribution >= 0.6 is 0 Å². The Morgan fingerprint density at radius 1 is 1.53 bits per heavy atom. The lowest BCUT2D eigenvalue weighted by molar-refractivity contribution is -0.133. The second kappa shape index (κ2) is 5.50. The van der Waals surface area contributed by atoms with Gasteiger partial charge in [0.2, 0.25) is 5.91 Å². The molecule has 3 heteroatoms. The second-order valence-electron chi connectivity index (χ2n) is 4.97. The lowest BCUT2D eigenvalue weighted by Crippen LogP contribution is -2.46. The van der Waals surface area contributed by atoms with E-state index in [4.69, 9.17) is 5.73 Å². The summed E-state index contributed by atoms with van der Waals surface area (Å²) in [5.74, 6) is 0.652. The molecular formula is C12H24N2O. The summed E-state index contributed by atoms with van der Waals surface area (Å²) in [4.78, 5) is 14.0. The topological polar surface area (TPSA) is 46.3 Å². The van der Waals surface area contributed by atoms with Crippen molar-refractivity contribution in [1.29, 1.82) is 0 Å². The molecule has 1 rings (SSSR count). The highest BCUT2D eigenvalue weighted by Crippen LogP contribution is 2.21. The van der Waals surface area contributed by atoms with Crippen molar-refractivity contribution in [2.75, 3.05) is 6.54 Å². The number of rotatable bonds is 4. The van der Waals surface area contributed by atoms with Crippen molar-refractivity contribution < 1.29 is 4.79 Å². The monoisotopic (exact) mass is 212 g/mol. The highest BCUT2D eigenvalue weighted by molar-refractivity contribution is 5.82. The number of nitrogens with two attached hydrogens (primary N) is 1. The minimum absolute atomic E-state index is 0.160. The Hall–Kier alpha value is -0.570. The van der Waals surface area contributed by atoms with Crippen molar-refractivity contribution in [1.82, 2.24) is 4.90 Å². The first-order valence-corrected chi connectivity index (χ1v) is 6.12. The molecule has 1 amide bonds.